The van der Waals surface area contributed by atoms with Crippen LogP contribution in [0.15, 0.2) is 61.1 Å². The van der Waals surface area contributed by atoms with Crippen molar-refractivity contribution >= 4 is 11.5 Å². The van der Waals surface area contributed by atoms with E-state index in [4.69, 9.17) is 5.73 Å². The van der Waals surface area contributed by atoms with Crippen LogP contribution < -0.4 is 5.73 Å². The first-order valence-corrected chi connectivity index (χ1v) is 8.41. The van der Waals surface area contributed by atoms with Crippen molar-refractivity contribution in [2.45, 2.75) is 6.54 Å². The Hall–Kier alpha value is -3.25. The summed E-state index contributed by atoms with van der Waals surface area (Å²) in [7, 11) is 4.13. The van der Waals surface area contributed by atoms with Gasteiger partial charge in [0, 0.05) is 30.7 Å². The lowest BCUT2D eigenvalue weighted by Gasteiger charge is -2.10. The van der Waals surface area contributed by atoms with E-state index in [0.29, 0.717) is 11.5 Å². The molecule has 0 saturated carbocycles. The zero-order valence-corrected chi connectivity index (χ0v) is 14.8. The van der Waals surface area contributed by atoms with Crippen molar-refractivity contribution in [3.8, 4) is 22.4 Å². The fourth-order valence-electron chi connectivity index (χ4n) is 3.03. The average molecular weight is 344 g/mol. The van der Waals surface area contributed by atoms with Gasteiger partial charge in [-0.05, 0) is 37.4 Å². The molecule has 0 fully saturated rings. The van der Waals surface area contributed by atoms with Gasteiger partial charge in [-0.2, -0.15) is 0 Å². The predicted octanol–water partition coefficient (Wildman–Crippen LogP) is 3.10. The molecule has 0 aliphatic heterocycles. The molecular weight excluding hydrogens is 324 g/mol. The lowest BCUT2D eigenvalue weighted by Crippen LogP contribution is -2.10. The van der Waals surface area contributed by atoms with Crippen LogP contribution in [-0.2, 0) is 6.54 Å². The SMILES string of the molecule is CN(C)Cc1ccc(-c2cnc3c(-c4ccccn4)c(N)nn3c2)cc1. The first-order chi connectivity index (χ1) is 12.6. The number of hydrogen-bond acceptors (Lipinski definition) is 5. The number of nitrogen functional groups attached to an aromatic ring is 1. The van der Waals surface area contributed by atoms with E-state index in [9.17, 15) is 0 Å². The Morgan fingerprint density at radius 1 is 1.00 bits per heavy atom. The van der Waals surface area contributed by atoms with Crippen molar-refractivity contribution in [2.75, 3.05) is 19.8 Å². The van der Waals surface area contributed by atoms with Crippen molar-refractivity contribution in [1.29, 1.82) is 0 Å². The molecule has 3 heterocycles. The van der Waals surface area contributed by atoms with Crippen LogP contribution in [0.4, 0.5) is 5.82 Å². The Bertz CT molecular complexity index is 1040. The molecule has 4 aromatic rings. The highest BCUT2D eigenvalue weighted by atomic mass is 15.3. The van der Waals surface area contributed by atoms with E-state index in [0.717, 1.165) is 28.9 Å². The van der Waals surface area contributed by atoms with Crippen molar-refractivity contribution in [2.24, 2.45) is 0 Å². The van der Waals surface area contributed by atoms with Gasteiger partial charge in [0.25, 0.3) is 0 Å². The molecule has 0 saturated heterocycles. The van der Waals surface area contributed by atoms with Crippen LogP contribution in [0.3, 0.4) is 0 Å². The Labute approximate surface area is 151 Å². The summed E-state index contributed by atoms with van der Waals surface area (Å²) in [4.78, 5) is 11.1. The third-order valence-electron chi connectivity index (χ3n) is 4.21. The standard InChI is InChI=1S/C20H20N6/c1-25(2)12-14-6-8-15(9-7-14)16-11-23-20-18(17-5-3-4-10-22-17)19(21)24-26(20)13-16/h3-11,13H,12H2,1-2H3,(H2,21,24). The minimum Gasteiger partial charge on any atom is -0.382 e. The van der Waals surface area contributed by atoms with Gasteiger partial charge in [0.15, 0.2) is 11.5 Å². The minimum absolute atomic E-state index is 0.426. The van der Waals surface area contributed by atoms with E-state index >= 15 is 0 Å². The average Bonchev–Trinajstić information content (AvgIpc) is 2.97. The van der Waals surface area contributed by atoms with Gasteiger partial charge in [0.05, 0.1) is 11.3 Å². The largest absolute Gasteiger partial charge is 0.382 e. The van der Waals surface area contributed by atoms with Crippen LogP contribution in [0.2, 0.25) is 0 Å². The van der Waals surface area contributed by atoms with Gasteiger partial charge in [-0.1, -0.05) is 30.3 Å². The minimum atomic E-state index is 0.426. The van der Waals surface area contributed by atoms with Crippen LogP contribution in [0.5, 0.6) is 0 Å². The van der Waals surface area contributed by atoms with Crippen LogP contribution in [0.1, 0.15) is 5.56 Å². The molecule has 0 bridgehead atoms. The van der Waals surface area contributed by atoms with E-state index in [-0.39, 0.29) is 0 Å². The second kappa shape index (κ2) is 6.57. The highest BCUT2D eigenvalue weighted by molar-refractivity contribution is 5.84. The molecule has 6 nitrogen and oxygen atoms in total. The van der Waals surface area contributed by atoms with Crippen LogP contribution >= 0.6 is 0 Å². The number of nitrogens with two attached hydrogens (primary N) is 1. The quantitative estimate of drug-likeness (QED) is 0.616. The van der Waals surface area contributed by atoms with E-state index in [1.54, 1.807) is 10.7 Å². The zero-order valence-electron chi connectivity index (χ0n) is 14.8. The molecule has 4 rings (SSSR count). The number of aromatic nitrogens is 4. The number of anilines is 1. The molecule has 3 aromatic heterocycles. The Morgan fingerprint density at radius 2 is 1.81 bits per heavy atom. The van der Waals surface area contributed by atoms with E-state index in [2.05, 4.69) is 58.3 Å². The highest BCUT2D eigenvalue weighted by Gasteiger charge is 2.15. The topological polar surface area (TPSA) is 72.3 Å². The number of nitrogens with zero attached hydrogens (tertiary/aromatic N) is 5. The first-order valence-electron chi connectivity index (χ1n) is 8.41. The van der Waals surface area contributed by atoms with Gasteiger partial charge < -0.3 is 10.6 Å². The number of benzene rings is 1. The summed E-state index contributed by atoms with van der Waals surface area (Å²) in [6.45, 7) is 0.917. The van der Waals surface area contributed by atoms with Crippen molar-refractivity contribution < 1.29 is 0 Å². The third-order valence-corrected chi connectivity index (χ3v) is 4.21. The lowest BCUT2D eigenvalue weighted by molar-refractivity contribution is 0.402. The van der Waals surface area contributed by atoms with E-state index < -0.39 is 0 Å². The predicted molar refractivity (Wildman–Crippen MR) is 103 cm³/mol. The second-order valence-corrected chi connectivity index (χ2v) is 6.52. The molecule has 0 aliphatic rings. The van der Waals surface area contributed by atoms with Gasteiger partial charge in [0.1, 0.15) is 0 Å². The van der Waals surface area contributed by atoms with Crippen LogP contribution in [-0.4, -0.2) is 38.6 Å². The zero-order chi connectivity index (χ0) is 18.1. The van der Waals surface area contributed by atoms with E-state index in [1.807, 2.05) is 30.6 Å². The van der Waals surface area contributed by atoms with Gasteiger partial charge in [-0.3, -0.25) is 4.98 Å². The Balaban J connectivity index is 1.73. The second-order valence-electron chi connectivity index (χ2n) is 6.52. The summed E-state index contributed by atoms with van der Waals surface area (Å²) in [6.07, 6.45) is 5.54. The molecule has 2 N–H and O–H groups in total. The molecule has 130 valence electrons. The Kier molecular flexibility index (Phi) is 4.10. The number of pyridine rings is 1. The molecule has 6 heteroatoms. The van der Waals surface area contributed by atoms with Gasteiger partial charge in [0.2, 0.25) is 0 Å². The van der Waals surface area contributed by atoms with Gasteiger partial charge >= 0.3 is 0 Å². The van der Waals surface area contributed by atoms with Gasteiger partial charge in [-0.25, -0.2) is 9.50 Å². The maximum atomic E-state index is 6.12. The Morgan fingerprint density at radius 3 is 2.50 bits per heavy atom. The summed E-state index contributed by atoms with van der Waals surface area (Å²) in [5, 5.41) is 4.42. The smallest absolute Gasteiger partial charge is 0.166 e. The number of hydrogen-bond donors (Lipinski definition) is 1. The van der Waals surface area contributed by atoms with Crippen molar-refractivity contribution in [3.05, 3.63) is 66.6 Å². The van der Waals surface area contributed by atoms with Crippen LogP contribution in [0.25, 0.3) is 28.0 Å². The molecule has 0 aliphatic carbocycles. The summed E-state index contributed by atoms with van der Waals surface area (Å²) >= 11 is 0. The molecule has 1 aromatic carbocycles. The number of fused-ring (bicyclic) bond motifs is 1. The fourth-order valence-corrected chi connectivity index (χ4v) is 3.03. The molecular formula is C20H20N6. The maximum absolute atomic E-state index is 6.12. The van der Waals surface area contributed by atoms with Crippen LogP contribution in [0, 0.1) is 0 Å². The summed E-state index contributed by atoms with van der Waals surface area (Å²) in [5.41, 5.74) is 11.7. The molecule has 26 heavy (non-hydrogen) atoms. The van der Waals surface area contributed by atoms with E-state index in [1.165, 1.54) is 5.56 Å². The number of rotatable bonds is 4. The van der Waals surface area contributed by atoms with Crippen molar-refractivity contribution in [1.82, 2.24) is 24.5 Å². The molecule has 0 atom stereocenters. The first kappa shape index (κ1) is 16.2. The summed E-state index contributed by atoms with van der Waals surface area (Å²) < 4.78 is 1.72. The fraction of sp³-hybridized carbons (Fsp3) is 0.150. The highest BCUT2D eigenvalue weighted by Crippen LogP contribution is 2.29. The lowest BCUT2D eigenvalue weighted by atomic mass is 10.1. The third kappa shape index (κ3) is 3.02. The summed E-state index contributed by atoms with van der Waals surface area (Å²) in [6, 6.07) is 14.2. The van der Waals surface area contributed by atoms with Crippen molar-refractivity contribution in [3.63, 3.8) is 0 Å². The van der Waals surface area contributed by atoms with Gasteiger partial charge in [-0.15, -0.1) is 5.10 Å². The molecule has 0 unspecified atom stereocenters. The molecule has 0 spiro atoms. The monoisotopic (exact) mass is 344 g/mol. The summed E-state index contributed by atoms with van der Waals surface area (Å²) in [5.74, 6) is 0.426. The maximum Gasteiger partial charge on any atom is 0.166 e. The molecule has 0 amide bonds. The normalized spacial score (nSPS) is 11.3. The molecule has 0 radical (unpaired) electrons.